The van der Waals surface area contributed by atoms with Gasteiger partial charge in [-0.3, -0.25) is 4.79 Å². The van der Waals surface area contributed by atoms with Crippen molar-refractivity contribution in [1.82, 2.24) is 10.3 Å². The van der Waals surface area contributed by atoms with Crippen molar-refractivity contribution in [3.8, 4) is 0 Å². The van der Waals surface area contributed by atoms with Crippen LogP contribution in [0.5, 0.6) is 0 Å². The number of aliphatic hydroxyl groups is 1. The molecule has 0 saturated heterocycles. The number of oxazole rings is 1. The van der Waals surface area contributed by atoms with E-state index in [2.05, 4.69) is 31.1 Å². The fraction of sp³-hybridized carbons (Fsp3) is 0.765. The van der Waals surface area contributed by atoms with E-state index in [1.807, 2.05) is 0 Å². The van der Waals surface area contributed by atoms with Gasteiger partial charge in [0.15, 0.2) is 5.69 Å². The van der Waals surface area contributed by atoms with Crippen LogP contribution in [-0.2, 0) is 0 Å². The molecule has 6 nitrogen and oxygen atoms in total. The van der Waals surface area contributed by atoms with Gasteiger partial charge in [-0.2, -0.15) is 0 Å². The number of nitrogens with two attached hydrogens (primary N) is 1. The summed E-state index contributed by atoms with van der Waals surface area (Å²) in [7, 11) is 0. The van der Waals surface area contributed by atoms with Crippen LogP contribution in [0.1, 0.15) is 63.0 Å². The van der Waals surface area contributed by atoms with Crippen LogP contribution in [-0.4, -0.2) is 28.1 Å². The average molecular weight is 321 g/mol. The summed E-state index contributed by atoms with van der Waals surface area (Å²) in [5, 5.41) is 12.6. The lowest BCUT2D eigenvalue weighted by Gasteiger charge is -2.62. The molecule has 3 aliphatic rings. The molecule has 0 spiro atoms. The topological polar surface area (TPSA) is 101 Å². The Hall–Kier alpha value is -1.40. The highest BCUT2D eigenvalue weighted by atomic mass is 16.3. The third kappa shape index (κ3) is 2.68. The molecule has 23 heavy (non-hydrogen) atoms. The number of hydrogen-bond acceptors (Lipinski definition) is 5. The Balaban J connectivity index is 1.64. The minimum absolute atomic E-state index is 0.185. The third-order valence-corrected chi connectivity index (χ3v) is 6.23. The minimum Gasteiger partial charge on any atom is -0.446 e. The molecule has 4 rings (SSSR count). The molecular formula is C17H27N3O3. The van der Waals surface area contributed by atoms with Crippen LogP contribution in [0.4, 0.5) is 0 Å². The van der Waals surface area contributed by atoms with Crippen LogP contribution >= 0.6 is 0 Å². The molecule has 2 bridgehead atoms. The number of fused-ring (bicyclic) bond motifs is 2. The maximum Gasteiger partial charge on any atom is 0.273 e. The van der Waals surface area contributed by atoms with Crippen LogP contribution in [0.3, 0.4) is 0 Å². The lowest BCUT2D eigenvalue weighted by atomic mass is 9.45. The first kappa shape index (κ1) is 16.5. The van der Waals surface area contributed by atoms with E-state index in [0.29, 0.717) is 23.2 Å². The van der Waals surface area contributed by atoms with E-state index < -0.39 is 12.1 Å². The van der Waals surface area contributed by atoms with Crippen molar-refractivity contribution in [2.45, 2.75) is 58.7 Å². The molecule has 6 atom stereocenters. The number of nitrogens with one attached hydrogen (secondary N) is 1. The van der Waals surface area contributed by atoms with E-state index in [0.717, 1.165) is 6.42 Å². The molecule has 3 saturated carbocycles. The van der Waals surface area contributed by atoms with E-state index in [4.69, 9.17) is 10.2 Å². The zero-order valence-electron chi connectivity index (χ0n) is 14.2. The maximum atomic E-state index is 12.4. The Kier molecular flexibility index (Phi) is 4.01. The van der Waals surface area contributed by atoms with Crippen LogP contribution in [0.2, 0.25) is 0 Å². The smallest absolute Gasteiger partial charge is 0.273 e. The van der Waals surface area contributed by atoms with Gasteiger partial charge in [0.1, 0.15) is 12.3 Å². The number of aromatic nitrogens is 1. The highest BCUT2D eigenvalue weighted by molar-refractivity contribution is 5.92. The molecule has 3 fully saturated rings. The fourth-order valence-corrected chi connectivity index (χ4v) is 4.33. The van der Waals surface area contributed by atoms with Gasteiger partial charge in [0, 0.05) is 6.04 Å². The molecule has 0 aliphatic heterocycles. The molecule has 6 heteroatoms. The number of amides is 1. The van der Waals surface area contributed by atoms with Gasteiger partial charge in [-0.05, 0) is 42.9 Å². The summed E-state index contributed by atoms with van der Waals surface area (Å²) in [6, 6.07) is -0.538. The molecule has 4 N–H and O–H groups in total. The number of aliphatic hydroxyl groups excluding tert-OH is 1. The SMILES string of the molecule is CC(O)C(N)c1nc(C(=O)NC2CC3CC(C2C)C3(C)C)co1. The van der Waals surface area contributed by atoms with Crippen LogP contribution in [0.25, 0.3) is 0 Å². The van der Waals surface area contributed by atoms with Gasteiger partial charge in [-0.25, -0.2) is 4.98 Å². The summed E-state index contributed by atoms with van der Waals surface area (Å²) in [5.41, 5.74) is 6.39. The van der Waals surface area contributed by atoms with Gasteiger partial charge in [0.05, 0.1) is 6.10 Å². The summed E-state index contributed by atoms with van der Waals surface area (Å²) in [6.45, 7) is 8.46. The Morgan fingerprint density at radius 3 is 2.78 bits per heavy atom. The second kappa shape index (κ2) is 5.60. The van der Waals surface area contributed by atoms with E-state index in [1.54, 1.807) is 6.92 Å². The molecule has 0 aromatic carbocycles. The van der Waals surface area contributed by atoms with Crippen molar-refractivity contribution in [3.05, 3.63) is 17.8 Å². The van der Waals surface area contributed by atoms with E-state index in [9.17, 15) is 9.90 Å². The Morgan fingerprint density at radius 2 is 2.22 bits per heavy atom. The Morgan fingerprint density at radius 1 is 1.52 bits per heavy atom. The first-order chi connectivity index (χ1) is 10.7. The highest BCUT2D eigenvalue weighted by Gasteiger charge is 2.56. The summed E-state index contributed by atoms with van der Waals surface area (Å²) < 4.78 is 5.23. The molecular weight excluding hydrogens is 294 g/mol. The van der Waals surface area contributed by atoms with E-state index in [1.165, 1.54) is 12.7 Å². The summed E-state index contributed by atoms with van der Waals surface area (Å²) in [4.78, 5) is 16.5. The zero-order valence-corrected chi connectivity index (χ0v) is 14.2. The van der Waals surface area contributed by atoms with E-state index in [-0.39, 0.29) is 23.5 Å². The second-order valence-electron chi connectivity index (χ2n) is 7.87. The average Bonchev–Trinajstić information content (AvgIpc) is 2.97. The lowest BCUT2D eigenvalue weighted by molar-refractivity contribution is -0.113. The number of rotatable bonds is 4. The second-order valence-corrected chi connectivity index (χ2v) is 7.87. The zero-order chi connectivity index (χ0) is 16.9. The summed E-state index contributed by atoms with van der Waals surface area (Å²) in [5.74, 6) is 1.78. The minimum atomic E-state index is -0.780. The number of carbonyl (C=O) groups excluding carboxylic acids is 1. The molecule has 1 aromatic rings. The van der Waals surface area contributed by atoms with Crippen molar-refractivity contribution >= 4 is 5.91 Å². The summed E-state index contributed by atoms with van der Waals surface area (Å²) >= 11 is 0. The molecule has 0 radical (unpaired) electrons. The van der Waals surface area contributed by atoms with Gasteiger partial charge >= 0.3 is 0 Å². The molecule has 3 aliphatic carbocycles. The third-order valence-electron chi connectivity index (χ3n) is 6.23. The van der Waals surface area contributed by atoms with Crippen molar-refractivity contribution in [1.29, 1.82) is 0 Å². The van der Waals surface area contributed by atoms with Crippen LogP contribution in [0, 0.1) is 23.2 Å². The molecule has 6 unspecified atom stereocenters. The number of nitrogens with zero attached hydrogens (tertiary/aromatic N) is 1. The van der Waals surface area contributed by atoms with Gasteiger partial charge in [-0.1, -0.05) is 20.8 Å². The lowest BCUT2D eigenvalue weighted by Crippen LogP contribution is -2.60. The van der Waals surface area contributed by atoms with Gasteiger partial charge in [-0.15, -0.1) is 0 Å². The Bertz CT molecular complexity index is 596. The van der Waals surface area contributed by atoms with Gasteiger partial charge < -0.3 is 20.6 Å². The van der Waals surface area contributed by atoms with Crippen molar-refractivity contribution in [2.24, 2.45) is 28.9 Å². The number of hydrogen-bond donors (Lipinski definition) is 3. The predicted octanol–water partition coefficient (Wildman–Crippen LogP) is 1.86. The van der Waals surface area contributed by atoms with Crippen LogP contribution in [0.15, 0.2) is 10.7 Å². The first-order valence-corrected chi connectivity index (χ1v) is 8.41. The highest BCUT2D eigenvalue weighted by Crippen LogP contribution is 2.61. The molecule has 128 valence electrons. The molecule has 1 heterocycles. The van der Waals surface area contributed by atoms with Crippen LogP contribution < -0.4 is 11.1 Å². The van der Waals surface area contributed by atoms with Crippen molar-refractivity contribution in [3.63, 3.8) is 0 Å². The molecule has 1 aromatic heterocycles. The van der Waals surface area contributed by atoms with Gasteiger partial charge in [0.2, 0.25) is 5.89 Å². The van der Waals surface area contributed by atoms with E-state index >= 15 is 0 Å². The fourth-order valence-electron chi connectivity index (χ4n) is 4.33. The quantitative estimate of drug-likeness (QED) is 0.785. The number of carbonyl (C=O) groups is 1. The predicted molar refractivity (Wildman–Crippen MR) is 85.5 cm³/mol. The standard InChI is InChI=1S/C17H27N3O3/c1-8-11-5-10(17(11,3)4)6-12(8)19-15(22)13-7-23-16(20-13)14(18)9(2)21/h7-12,14,21H,5-6,18H2,1-4H3,(H,19,22). The largest absolute Gasteiger partial charge is 0.446 e. The van der Waals surface area contributed by atoms with Gasteiger partial charge in [0.25, 0.3) is 5.91 Å². The summed E-state index contributed by atoms with van der Waals surface area (Å²) in [6.07, 6.45) is 2.83. The Labute approximate surface area is 136 Å². The maximum absolute atomic E-state index is 12.4. The van der Waals surface area contributed by atoms with Crippen molar-refractivity contribution < 1.29 is 14.3 Å². The normalized spacial score (nSPS) is 34.3. The molecule has 1 amide bonds. The first-order valence-electron chi connectivity index (χ1n) is 8.41. The van der Waals surface area contributed by atoms with Crippen molar-refractivity contribution in [2.75, 3.05) is 0 Å². The monoisotopic (exact) mass is 321 g/mol.